The average molecular weight is 276 g/mol. The van der Waals surface area contributed by atoms with E-state index in [4.69, 9.17) is 5.73 Å². The summed E-state index contributed by atoms with van der Waals surface area (Å²) in [5, 5.41) is 12.1. The lowest BCUT2D eigenvalue weighted by Crippen LogP contribution is -2.55. The molecule has 5 heteroatoms. The van der Waals surface area contributed by atoms with Crippen LogP contribution in [0, 0.1) is 5.92 Å². The number of hydrogen-bond donors (Lipinski definition) is 3. The molecular formula is C15H20N2O3. The highest BCUT2D eigenvalue weighted by molar-refractivity contribution is 5.90. The van der Waals surface area contributed by atoms with Crippen LogP contribution in [0.15, 0.2) is 30.3 Å². The van der Waals surface area contributed by atoms with Gasteiger partial charge in [0.05, 0.1) is 5.92 Å². The summed E-state index contributed by atoms with van der Waals surface area (Å²) in [7, 11) is 0. The monoisotopic (exact) mass is 276 g/mol. The second kappa shape index (κ2) is 5.63. The molecule has 20 heavy (non-hydrogen) atoms. The molecule has 1 fully saturated rings. The molecule has 0 radical (unpaired) electrons. The van der Waals surface area contributed by atoms with Gasteiger partial charge in [-0.1, -0.05) is 30.3 Å². The molecule has 1 aliphatic carbocycles. The van der Waals surface area contributed by atoms with Crippen molar-refractivity contribution >= 4 is 11.9 Å². The number of benzene rings is 1. The number of hydrogen-bond acceptors (Lipinski definition) is 3. The topological polar surface area (TPSA) is 92.4 Å². The Morgan fingerprint density at radius 2 is 2.00 bits per heavy atom. The van der Waals surface area contributed by atoms with Crippen LogP contribution in [0.3, 0.4) is 0 Å². The molecule has 1 aromatic rings. The number of aliphatic carboxylic acids is 1. The molecule has 0 heterocycles. The van der Waals surface area contributed by atoms with Crippen molar-refractivity contribution < 1.29 is 14.7 Å². The van der Waals surface area contributed by atoms with Gasteiger partial charge >= 0.3 is 5.97 Å². The van der Waals surface area contributed by atoms with E-state index >= 15 is 0 Å². The Hall–Kier alpha value is -1.88. The van der Waals surface area contributed by atoms with E-state index < -0.39 is 17.4 Å². The number of rotatable bonds is 6. The van der Waals surface area contributed by atoms with Crippen LogP contribution in [-0.2, 0) is 9.59 Å². The summed E-state index contributed by atoms with van der Waals surface area (Å²) >= 11 is 0. The first kappa shape index (κ1) is 14.5. The number of nitrogens with one attached hydrogen (secondary N) is 1. The first-order chi connectivity index (χ1) is 9.49. The summed E-state index contributed by atoms with van der Waals surface area (Å²) in [5.74, 6) is -1.82. The highest BCUT2D eigenvalue weighted by Gasteiger charge is 2.49. The third kappa shape index (κ3) is 2.82. The van der Waals surface area contributed by atoms with Crippen molar-refractivity contribution in [3.63, 3.8) is 0 Å². The zero-order valence-electron chi connectivity index (χ0n) is 11.5. The number of carboxylic acid groups (broad SMARTS) is 1. The lowest BCUT2D eigenvalue weighted by atomic mass is 9.92. The third-order valence-corrected chi connectivity index (χ3v) is 3.98. The Morgan fingerprint density at radius 3 is 2.45 bits per heavy atom. The van der Waals surface area contributed by atoms with Gasteiger partial charge in [-0.25, -0.2) is 4.79 Å². The van der Waals surface area contributed by atoms with Gasteiger partial charge in [-0.05, 0) is 31.2 Å². The normalized spacial score (nSPS) is 18.9. The number of nitrogens with two attached hydrogens (primary N) is 1. The maximum Gasteiger partial charge on any atom is 0.329 e. The van der Waals surface area contributed by atoms with Gasteiger partial charge in [0, 0.05) is 6.54 Å². The lowest BCUT2D eigenvalue weighted by Gasteiger charge is -2.28. The standard InChI is InChI=1S/C15H20N2O3/c1-15(14(19)20,11-7-8-11)17-13(18)12(9-16)10-5-3-2-4-6-10/h2-6,11-12H,7-9,16H2,1H3,(H,17,18)(H,19,20). The largest absolute Gasteiger partial charge is 0.480 e. The quantitative estimate of drug-likeness (QED) is 0.725. The molecular weight excluding hydrogens is 256 g/mol. The van der Waals surface area contributed by atoms with Gasteiger partial charge in [0.2, 0.25) is 5.91 Å². The Labute approximate surface area is 118 Å². The van der Waals surface area contributed by atoms with Gasteiger partial charge in [0.1, 0.15) is 5.54 Å². The molecule has 4 N–H and O–H groups in total. The highest BCUT2D eigenvalue weighted by atomic mass is 16.4. The third-order valence-electron chi connectivity index (χ3n) is 3.98. The van der Waals surface area contributed by atoms with E-state index in [-0.39, 0.29) is 18.4 Å². The Morgan fingerprint density at radius 1 is 1.40 bits per heavy atom. The van der Waals surface area contributed by atoms with Gasteiger partial charge in [0.15, 0.2) is 0 Å². The van der Waals surface area contributed by atoms with Gasteiger partial charge in [-0.15, -0.1) is 0 Å². The van der Waals surface area contributed by atoms with Crippen molar-refractivity contribution in [3.8, 4) is 0 Å². The van der Waals surface area contributed by atoms with E-state index in [2.05, 4.69) is 5.32 Å². The van der Waals surface area contributed by atoms with Crippen molar-refractivity contribution in [1.29, 1.82) is 0 Å². The van der Waals surface area contributed by atoms with E-state index in [9.17, 15) is 14.7 Å². The highest BCUT2D eigenvalue weighted by Crippen LogP contribution is 2.40. The van der Waals surface area contributed by atoms with E-state index in [1.54, 1.807) is 6.92 Å². The summed E-state index contributed by atoms with van der Waals surface area (Å²) < 4.78 is 0. The first-order valence-corrected chi connectivity index (χ1v) is 6.79. The molecule has 1 saturated carbocycles. The molecule has 2 atom stereocenters. The van der Waals surface area contributed by atoms with Crippen LogP contribution in [-0.4, -0.2) is 29.1 Å². The fourth-order valence-corrected chi connectivity index (χ4v) is 2.41. The van der Waals surface area contributed by atoms with Gasteiger partial charge in [0.25, 0.3) is 0 Å². The number of amides is 1. The van der Waals surface area contributed by atoms with Gasteiger partial charge < -0.3 is 16.2 Å². The molecule has 108 valence electrons. The smallest absolute Gasteiger partial charge is 0.329 e. The van der Waals surface area contributed by atoms with E-state index in [0.29, 0.717) is 0 Å². The van der Waals surface area contributed by atoms with Gasteiger partial charge in [-0.2, -0.15) is 0 Å². The zero-order valence-corrected chi connectivity index (χ0v) is 11.5. The first-order valence-electron chi connectivity index (χ1n) is 6.79. The zero-order chi connectivity index (χ0) is 14.8. The van der Waals surface area contributed by atoms with Crippen LogP contribution in [0.1, 0.15) is 31.2 Å². The summed E-state index contributed by atoms with van der Waals surface area (Å²) in [6.45, 7) is 1.72. The van der Waals surface area contributed by atoms with Crippen molar-refractivity contribution in [1.82, 2.24) is 5.32 Å². The molecule has 0 aliphatic heterocycles. The average Bonchev–Trinajstić information content (AvgIpc) is 3.25. The predicted molar refractivity (Wildman–Crippen MR) is 75.1 cm³/mol. The second-order valence-electron chi connectivity index (χ2n) is 5.47. The fraction of sp³-hybridized carbons (Fsp3) is 0.467. The molecule has 5 nitrogen and oxygen atoms in total. The Kier molecular flexibility index (Phi) is 4.09. The molecule has 2 rings (SSSR count). The van der Waals surface area contributed by atoms with Crippen molar-refractivity contribution in [2.24, 2.45) is 11.7 Å². The van der Waals surface area contributed by atoms with Gasteiger partial charge in [-0.3, -0.25) is 4.79 Å². The van der Waals surface area contributed by atoms with Crippen LogP contribution in [0.25, 0.3) is 0 Å². The SMILES string of the molecule is CC(NC(=O)C(CN)c1ccccc1)(C(=O)O)C1CC1. The van der Waals surface area contributed by atoms with Crippen molar-refractivity contribution in [3.05, 3.63) is 35.9 Å². The minimum atomic E-state index is -1.20. The fourth-order valence-electron chi connectivity index (χ4n) is 2.41. The van der Waals surface area contributed by atoms with Crippen LogP contribution in [0.4, 0.5) is 0 Å². The van der Waals surface area contributed by atoms with Crippen LogP contribution < -0.4 is 11.1 Å². The van der Waals surface area contributed by atoms with E-state index in [1.165, 1.54) is 0 Å². The number of carbonyl (C=O) groups excluding carboxylic acids is 1. The van der Waals surface area contributed by atoms with E-state index in [0.717, 1.165) is 18.4 Å². The molecule has 0 saturated heterocycles. The number of carboxylic acids is 1. The van der Waals surface area contributed by atoms with Crippen LogP contribution in [0.5, 0.6) is 0 Å². The summed E-state index contributed by atoms with van der Waals surface area (Å²) in [6.07, 6.45) is 1.67. The summed E-state index contributed by atoms with van der Waals surface area (Å²) in [5.41, 5.74) is 5.29. The summed E-state index contributed by atoms with van der Waals surface area (Å²) in [4.78, 5) is 23.8. The van der Waals surface area contributed by atoms with Crippen LogP contribution >= 0.6 is 0 Å². The van der Waals surface area contributed by atoms with Crippen molar-refractivity contribution in [2.75, 3.05) is 6.54 Å². The Bertz CT molecular complexity index is 499. The molecule has 0 aromatic heterocycles. The second-order valence-corrected chi connectivity index (χ2v) is 5.47. The molecule has 1 aromatic carbocycles. The van der Waals surface area contributed by atoms with E-state index in [1.807, 2.05) is 30.3 Å². The number of carbonyl (C=O) groups is 2. The molecule has 1 amide bonds. The Balaban J connectivity index is 2.15. The minimum absolute atomic E-state index is 0.0122. The maximum absolute atomic E-state index is 12.4. The molecule has 0 spiro atoms. The minimum Gasteiger partial charge on any atom is -0.480 e. The lowest BCUT2D eigenvalue weighted by molar-refractivity contribution is -0.148. The maximum atomic E-state index is 12.4. The predicted octanol–water partition coefficient (Wildman–Crippen LogP) is 1.10. The van der Waals surface area contributed by atoms with Crippen molar-refractivity contribution in [2.45, 2.75) is 31.2 Å². The molecule has 1 aliphatic rings. The molecule has 0 bridgehead atoms. The summed E-state index contributed by atoms with van der Waals surface area (Å²) in [6, 6.07) is 9.18. The van der Waals surface area contributed by atoms with Crippen LogP contribution in [0.2, 0.25) is 0 Å². The molecule has 2 unspecified atom stereocenters.